The van der Waals surface area contributed by atoms with E-state index in [4.69, 9.17) is 22.6 Å². The van der Waals surface area contributed by atoms with Gasteiger partial charge in [0.1, 0.15) is 23.0 Å². The van der Waals surface area contributed by atoms with Crippen molar-refractivity contribution < 1.29 is 93.7 Å². The standard InChI is InChI=1S/C34H20N2O2.C7H3F4.C6F5.2Au/c1-35-25-13-17-27(18-14-25)37-31-21-11-23-7-3-5-9-29(23)33(31)34-30-10-6-4-8-24(30)12-22-32(34)38-28-19-15-26(36-2)16-20-28;1-3-6(10)4(8)2-5(9)7(3)11;7-2-1-3(8)5(10)6(11)4(2)9;;/h3-22H;1H3;;;/q;2*-1;;. The summed E-state index contributed by atoms with van der Waals surface area (Å²) in [6.45, 7) is 15.4. The van der Waals surface area contributed by atoms with Crippen molar-refractivity contribution in [1.29, 1.82) is 0 Å². The molecule has 8 rings (SSSR count). The fourth-order valence-corrected chi connectivity index (χ4v) is 5.75. The van der Waals surface area contributed by atoms with Crippen molar-refractivity contribution in [2.45, 2.75) is 6.92 Å². The normalized spacial score (nSPS) is 10.1. The Morgan fingerprint density at radius 2 is 0.758 bits per heavy atom. The van der Waals surface area contributed by atoms with E-state index in [1.165, 1.54) is 6.07 Å². The molecule has 8 aromatic rings. The van der Waals surface area contributed by atoms with Crippen LogP contribution in [0.25, 0.3) is 42.4 Å². The largest absolute Gasteiger partial charge is 0.457 e. The second-order valence-corrected chi connectivity index (χ2v) is 12.4. The maximum Gasteiger partial charge on any atom is 0.187 e. The molecule has 0 heterocycles. The minimum absolute atomic E-state index is 0. The number of halogens is 9. The van der Waals surface area contributed by atoms with Gasteiger partial charge in [0.15, 0.2) is 11.4 Å². The summed E-state index contributed by atoms with van der Waals surface area (Å²) < 4.78 is 122. The molecular formula is C47H23Au2F9N2O2-2. The first kappa shape index (κ1) is 48.4. The number of rotatable bonds is 5. The maximum absolute atomic E-state index is 12.4. The molecule has 15 heteroatoms. The molecule has 0 N–H and O–H groups in total. The Kier molecular flexibility index (Phi) is 16.8. The van der Waals surface area contributed by atoms with Gasteiger partial charge in [0.05, 0.1) is 42.2 Å². The van der Waals surface area contributed by atoms with Crippen LogP contribution in [0.2, 0.25) is 0 Å². The van der Waals surface area contributed by atoms with Crippen molar-refractivity contribution in [2.24, 2.45) is 0 Å². The number of fused-ring (bicyclic) bond motifs is 2. The molecule has 0 amide bonds. The average molecular weight is 1210 g/mol. The van der Waals surface area contributed by atoms with Gasteiger partial charge in [-0.15, -0.1) is 12.1 Å². The predicted octanol–water partition coefficient (Wildman–Crippen LogP) is 14.9. The van der Waals surface area contributed by atoms with Crippen molar-refractivity contribution in [2.75, 3.05) is 0 Å². The van der Waals surface area contributed by atoms with Crippen LogP contribution in [0.4, 0.5) is 50.9 Å². The van der Waals surface area contributed by atoms with Gasteiger partial charge in [-0.05, 0) is 57.9 Å². The molecule has 8 aromatic carbocycles. The summed E-state index contributed by atoms with van der Waals surface area (Å²) in [6.07, 6.45) is 0. The molecule has 0 aliphatic carbocycles. The van der Waals surface area contributed by atoms with E-state index in [1.807, 2.05) is 60.7 Å². The van der Waals surface area contributed by atoms with Gasteiger partial charge >= 0.3 is 0 Å². The van der Waals surface area contributed by atoms with Crippen LogP contribution in [0, 0.1) is 84.6 Å². The zero-order chi connectivity index (χ0) is 43.1. The molecule has 0 aliphatic heterocycles. The topological polar surface area (TPSA) is 27.2 Å². The third-order valence-electron chi connectivity index (χ3n) is 8.67. The molecule has 2 radical (unpaired) electrons. The van der Waals surface area contributed by atoms with Gasteiger partial charge in [0.25, 0.3) is 0 Å². The third-order valence-corrected chi connectivity index (χ3v) is 8.67. The minimum Gasteiger partial charge on any atom is -0.457 e. The Balaban J connectivity index is 0.000000289. The monoisotopic (exact) mass is 1210 g/mol. The Labute approximate surface area is 379 Å². The molecule has 0 aliphatic rings. The summed E-state index contributed by atoms with van der Waals surface area (Å²) in [5.41, 5.74) is 2.29. The molecule has 0 saturated heterocycles. The summed E-state index contributed by atoms with van der Waals surface area (Å²) in [5.74, 6) is -13.2. The third kappa shape index (κ3) is 10.8. The first-order valence-corrected chi connectivity index (χ1v) is 17.3. The number of hydrogen-bond acceptors (Lipinski definition) is 2. The van der Waals surface area contributed by atoms with Crippen LogP contribution in [-0.2, 0) is 44.8 Å². The molecule has 0 bridgehead atoms. The molecule has 0 spiro atoms. The van der Waals surface area contributed by atoms with Crippen molar-refractivity contribution in [3.8, 4) is 34.1 Å². The van der Waals surface area contributed by atoms with Crippen LogP contribution in [0.5, 0.6) is 23.0 Å². The molecule has 62 heavy (non-hydrogen) atoms. The molecule has 0 aromatic heterocycles. The number of ether oxygens (including phenoxy) is 2. The van der Waals surface area contributed by atoms with Gasteiger partial charge in [0.2, 0.25) is 0 Å². The summed E-state index contributed by atoms with van der Waals surface area (Å²) in [6, 6.07) is 41.1. The first-order chi connectivity index (χ1) is 28.8. The van der Waals surface area contributed by atoms with Crippen LogP contribution in [0.3, 0.4) is 0 Å². The Morgan fingerprint density at radius 1 is 0.419 bits per heavy atom. The fourth-order valence-electron chi connectivity index (χ4n) is 5.75. The Morgan fingerprint density at radius 3 is 1.11 bits per heavy atom. The van der Waals surface area contributed by atoms with Gasteiger partial charge in [-0.1, -0.05) is 97.4 Å². The predicted molar refractivity (Wildman–Crippen MR) is 207 cm³/mol. The second kappa shape index (κ2) is 21.5. The van der Waals surface area contributed by atoms with E-state index in [0.717, 1.165) is 45.7 Å². The van der Waals surface area contributed by atoms with Gasteiger partial charge < -0.3 is 9.47 Å². The zero-order valence-electron chi connectivity index (χ0n) is 31.3. The van der Waals surface area contributed by atoms with E-state index in [1.54, 1.807) is 24.3 Å². The van der Waals surface area contributed by atoms with E-state index < -0.39 is 57.9 Å². The van der Waals surface area contributed by atoms with E-state index in [-0.39, 0.29) is 44.8 Å². The molecule has 0 atom stereocenters. The smallest absolute Gasteiger partial charge is 0.187 e. The van der Waals surface area contributed by atoms with Crippen molar-refractivity contribution in [3.05, 3.63) is 214 Å². The van der Waals surface area contributed by atoms with Crippen LogP contribution in [-0.4, -0.2) is 0 Å². The molecule has 0 saturated carbocycles. The minimum atomic E-state index is -2.17. The Bertz CT molecular complexity index is 2720. The van der Waals surface area contributed by atoms with Crippen LogP contribution < -0.4 is 9.47 Å². The van der Waals surface area contributed by atoms with Crippen LogP contribution >= 0.6 is 0 Å². The average Bonchev–Trinajstić information content (AvgIpc) is 3.27. The van der Waals surface area contributed by atoms with Gasteiger partial charge in [0, 0.05) is 79.2 Å². The molecule has 0 unspecified atom stereocenters. The van der Waals surface area contributed by atoms with Crippen LogP contribution in [0.15, 0.2) is 121 Å². The summed E-state index contributed by atoms with van der Waals surface area (Å²) in [4.78, 5) is 6.97. The number of benzene rings is 8. The van der Waals surface area contributed by atoms with E-state index >= 15 is 0 Å². The van der Waals surface area contributed by atoms with Gasteiger partial charge in [-0.3, -0.25) is 17.6 Å². The van der Waals surface area contributed by atoms with Gasteiger partial charge in [-0.25, -0.2) is 31.6 Å². The zero-order valence-corrected chi connectivity index (χ0v) is 35.6. The molecular weight excluding hydrogens is 1190 g/mol. The fraction of sp³-hybridized carbons (Fsp3) is 0.0213. The van der Waals surface area contributed by atoms with E-state index in [0.29, 0.717) is 34.4 Å². The van der Waals surface area contributed by atoms with E-state index in [9.17, 15) is 39.5 Å². The summed E-state index contributed by atoms with van der Waals surface area (Å²) in [7, 11) is 0. The molecule has 0 fully saturated rings. The maximum atomic E-state index is 12.4. The van der Waals surface area contributed by atoms with Crippen LogP contribution in [0.1, 0.15) is 5.56 Å². The SMILES string of the molecule is Cc1c(F)c(F)[c-]c(F)c1F.Fc1[c-]c(F)c(F)c(F)c1F.[Au].[Au].[C-]#[N+]c1ccc(Oc2ccc3ccccc3c2-c2c(Oc3ccc([N+]#[C-])cc3)ccc3ccccc23)cc1. The number of nitrogens with zero attached hydrogens (tertiary/aromatic N) is 2. The first-order valence-electron chi connectivity index (χ1n) is 17.3. The summed E-state index contributed by atoms with van der Waals surface area (Å²) >= 11 is 0. The molecule has 320 valence electrons. The Hall–Kier alpha value is -6.29. The van der Waals surface area contributed by atoms with Crippen molar-refractivity contribution in [1.82, 2.24) is 0 Å². The second-order valence-electron chi connectivity index (χ2n) is 12.4. The molecule has 4 nitrogen and oxygen atoms in total. The summed E-state index contributed by atoms with van der Waals surface area (Å²) in [5, 5.41) is 4.23. The van der Waals surface area contributed by atoms with Crippen molar-refractivity contribution >= 4 is 32.9 Å². The van der Waals surface area contributed by atoms with E-state index in [2.05, 4.69) is 46.1 Å². The van der Waals surface area contributed by atoms with Crippen molar-refractivity contribution in [3.63, 3.8) is 0 Å². The quantitative estimate of drug-likeness (QED) is 0.0565. The van der Waals surface area contributed by atoms with Gasteiger partial charge in [-0.2, -0.15) is 0 Å². The number of hydrogen-bond donors (Lipinski definition) is 0.